The van der Waals surface area contributed by atoms with Gasteiger partial charge in [0.1, 0.15) is 0 Å². The lowest BCUT2D eigenvalue weighted by Crippen LogP contribution is -2.25. The van der Waals surface area contributed by atoms with E-state index in [4.69, 9.17) is 9.47 Å². The van der Waals surface area contributed by atoms with Crippen LogP contribution in [0.5, 0.6) is 5.88 Å². The van der Waals surface area contributed by atoms with Gasteiger partial charge in [-0.1, -0.05) is 0 Å². The highest BCUT2D eigenvalue weighted by Gasteiger charge is 2.20. The molecule has 0 unspecified atom stereocenters. The summed E-state index contributed by atoms with van der Waals surface area (Å²) in [6.07, 6.45) is 6.79. The van der Waals surface area contributed by atoms with Crippen molar-refractivity contribution in [2.24, 2.45) is 0 Å². The lowest BCUT2D eigenvalue weighted by Gasteiger charge is -2.22. The van der Waals surface area contributed by atoms with Crippen LogP contribution in [0, 0.1) is 0 Å². The van der Waals surface area contributed by atoms with Crippen LogP contribution in [0.25, 0.3) is 0 Å². The Morgan fingerprint density at radius 1 is 1.37 bits per heavy atom. The summed E-state index contributed by atoms with van der Waals surface area (Å²) in [6, 6.07) is 0.675. The van der Waals surface area contributed by atoms with E-state index in [1.807, 2.05) is 13.8 Å². The molecular weight excluding hydrogens is 242 g/mol. The van der Waals surface area contributed by atoms with Crippen molar-refractivity contribution in [3.05, 3.63) is 18.1 Å². The summed E-state index contributed by atoms with van der Waals surface area (Å²) in [5.41, 5.74) is 0.758. The molecule has 19 heavy (non-hydrogen) atoms. The summed E-state index contributed by atoms with van der Waals surface area (Å²) in [5, 5.41) is 3.41. The quantitative estimate of drug-likeness (QED) is 0.778. The van der Waals surface area contributed by atoms with Crippen molar-refractivity contribution in [3.63, 3.8) is 0 Å². The van der Waals surface area contributed by atoms with Crippen LogP contribution in [-0.4, -0.2) is 35.3 Å². The monoisotopic (exact) mass is 265 g/mol. The van der Waals surface area contributed by atoms with Gasteiger partial charge >= 0.3 is 0 Å². The second-order valence-corrected chi connectivity index (χ2v) is 5.57. The normalized spacial score (nSPS) is 15.5. The van der Waals surface area contributed by atoms with Gasteiger partial charge in [0.25, 0.3) is 0 Å². The van der Waals surface area contributed by atoms with E-state index in [1.54, 1.807) is 19.5 Å². The molecule has 0 aliphatic heterocycles. The second-order valence-electron chi connectivity index (χ2n) is 5.57. The summed E-state index contributed by atoms with van der Waals surface area (Å²) in [6.45, 7) is 5.42. The fourth-order valence-electron chi connectivity index (χ4n) is 1.58. The van der Waals surface area contributed by atoms with E-state index < -0.39 is 0 Å². The highest BCUT2D eigenvalue weighted by Crippen LogP contribution is 2.19. The molecule has 1 aromatic rings. The Morgan fingerprint density at radius 2 is 2.16 bits per heavy atom. The van der Waals surface area contributed by atoms with Crippen molar-refractivity contribution in [1.29, 1.82) is 0 Å². The van der Waals surface area contributed by atoms with Crippen LogP contribution in [0.15, 0.2) is 12.4 Å². The fourth-order valence-corrected chi connectivity index (χ4v) is 1.58. The minimum absolute atomic E-state index is 0.168. The summed E-state index contributed by atoms with van der Waals surface area (Å²) >= 11 is 0. The predicted octanol–water partition coefficient (Wildman–Crippen LogP) is 1.92. The third-order valence-corrected chi connectivity index (χ3v) is 3.32. The van der Waals surface area contributed by atoms with Crippen molar-refractivity contribution < 1.29 is 9.47 Å². The topological polar surface area (TPSA) is 56.3 Å². The van der Waals surface area contributed by atoms with Gasteiger partial charge in [0, 0.05) is 32.3 Å². The minimum Gasteiger partial charge on any atom is -0.476 e. The molecule has 1 fully saturated rings. The lowest BCUT2D eigenvalue weighted by molar-refractivity contribution is 0.00503. The van der Waals surface area contributed by atoms with E-state index >= 15 is 0 Å². The van der Waals surface area contributed by atoms with Crippen molar-refractivity contribution in [2.45, 2.75) is 51.3 Å². The maximum absolute atomic E-state index is 5.63. The summed E-state index contributed by atoms with van der Waals surface area (Å²) in [5.74, 6) is 0.585. The van der Waals surface area contributed by atoms with Gasteiger partial charge in [-0.2, -0.15) is 0 Å². The number of hydrogen-bond donors (Lipinski definition) is 1. The maximum Gasteiger partial charge on any atom is 0.232 e. The van der Waals surface area contributed by atoms with E-state index in [0.717, 1.165) is 18.7 Å². The van der Waals surface area contributed by atoms with Gasteiger partial charge in [0.2, 0.25) is 5.88 Å². The number of methoxy groups -OCH3 is 1. The molecule has 1 heterocycles. The summed E-state index contributed by atoms with van der Waals surface area (Å²) < 4.78 is 11.0. The van der Waals surface area contributed by atoms with E-state index in [9.17, 15) is 0 Å². The first kappa shape index (κ1) is 14.2. The Hall–Kier alpha value is -1.20. The van der Waals surface area contributed by atoms with Crippen molar-refractivity contribution in [2.75, 3.05) is 13.7 Å². The lowest BCUT2D eigenvalue weighted by atomic mass is 10.1. The highest BCUT2D eigenvalue weighted by atomic mass is 16.5. The number of nitrogens with one attached hydrogen (secondary N) is 1. The molecule has 0 spiro atoms. The van der Waals surface area contributed by atoms with Crippen molar-refractivity contribution >= 4 is 0 Å². The Balaban J connectivity index is 1.77. The third-order valence-electron chi connectivity index (χ3n) is 3.32. The molecule has 0 amide bonds. The Bertz CT molecular complexity index is 405. The van der Waals surface area contributed by atoms with Crippen LogP contribution in [-0.2, 0) is 11.3 Å². The number of aromatic nitrogens is 2. The van der Waals surface area contributed by atoms with Crippen LogP contribution in [0.4, 0.5) is 0 Å². The van der Waals surface area contributed by atoms with Gasteiger partial charge in [-0.15, -0.1) is 0 Å². The van der Waals surface area contributed by atoms with E-state index in [0.29, 0.717) is 18.5 Å². The zero-order valence-electron chi connectivity index (χ0n) is 12.0. The standard InChI is InChI=1S/C14H23N3O2/c1-14(2,18-3)6-7-19-13-10-15-8-12(17-13)9-16-11-4-5-11/h8,10-11,16H,4-7,9H2,1-3H3. The van der Waals surface area contributed by atoms with Gasteiger partial charge < -0.3 is 14.8 Å². The molecule has 2 rings (SSSR count). The fraction of sp³-hybridized carbons (Fsp3) is 0.714. The predicted molar refractivity (Wildman–Crippen MR) is 73.1 cm³/mol. The second kappa shape index (κ2) is 6.30. The SMILES string of the molecule is COC(C)(C)CCOc1cncc(CNC2CC2)n1. The van der Waals surface area contributed by atoms with Crippen LogP contribution >= 0.6 is 0 Å². The number of hydrogen-bond acceptors (Lipinski definition) is 5. The van der Waals surface area contributed by atoms with Crippen molar-refractivity contribution in [1.82, 2.24) is 15.3 Å². The molecule has 1 aliphatic rings. The molecule has 1 saturated carbocycles. The average molecular weight is 265 g/mol. The molecule has 5 nitrogen and oxygen atoms in total. The van der Waals surface area contributed by atoms with E-state index in [2.05, 4.69) is 15.3 Å². The van der Waals surface area contributed by atoms with Gasteiger partial charge in [0.15, 0.2) is 0 Å². The smallest absolute Gasteiger partial charge is 0.232 e. The van der Waals surface area contributed by atoms with Crippen LogP contribution in [0.3, 0.4) is 0 Å². The Kier molecular flexibility index (Phi) is 4.71. The van der Waals surface area contributed by atoms with Crippen LogP contribution < -0.4 is 10.1 Å². The maximum atomic E-state index is 5.63. The molecule has 1 N–H and O–H groups in total. The van der Waals surface area contributed by atoms with E-state index in [1.165, 1.54) is 12.8 Å². The first-order valence-electron chi connectivity index (χ1n) is 6.81. The molecule has 106 valence electrons. The van der Waals surface area contributed by atoms with Gasteiger partial charge in [-0.3, -0.25) is 4.98 Å². The van der Waals surface area contributed by atoms with Gasteiger partial charge in [-0.05, 0) is 26.7 Å². The molecule has 0 bridgehead atoms. The summed E-state index contributed by atoms with van der Waals surface area (Å²) in [7, 11) is 1.71. The van der Waals surface area contributed by atoms with E-state index in [-0.39, 0.29) is 5.60 Å². The Labute approximate surface area is 114 Å². The molecule has 1 aliphatic carbocycles. The van der Waals surface area contributed by atoms with Crippen LogP contribution in [0.1, 0.15) is 38.8 Å². The molecule has 0 atom stereocenters. The molecule has 0 aromatic carbocycles. The minimum atomic E-state index is -0.168. The number of rotatable bonds is 8. The zero-order chi connectivity index (χ0) is 13.7. The first-order chi connectivity index (χ1) is 9.09. The highest BCUT2D eigenvalue weighted by molar-refractivity contribution is 5.08. The Morgan fingerprint density at radius 3 is 2.84 bits per heavy atom. The summed E-state index contributed by atoms with van der Waals surface area (Å²) in [4.78, 5) is 8.59. The first-order valence-corrected chi connectivity index (χ1v) is 6.81. The molecule has 0 radical (unpaired) electrons. The number of nitrogens with zero attached hydrogens (tertiary/aromatic N) is 2. The third kappa shape index (κ3) is 5.12. The van der Waals surface area contributed by atoms with Gasteiger partial charge in [0.05, 0.1) is 24.1 Å². The van der Waals surface area contributed by atoms with Gasteiger partial charge in [-0.25, -0.2) is 4.98 Å². The number of ether oxygens (including phenoxy) is 2. The zero-order valence-corrected chi connectivity index (χ0v) is 12.0. The molecule has 1 aromatic heterocycles. The molecule has 0 saturated heterocycles. The molecular formula is C14H23N3O2. The van der Waals surface area contributed by atoms with Crippen molar-refractivity contribution in [3.8, 4) is 5.88 Å². The molecule has 5 heteroatoms. The largest absolute Gasteiger partial charge is 0.476 e. The van der Waals surface area contributed by atoms with Crippen LogP contribution in [0.2, 0.25) is 0 Å². The average Bonchev–Trinajstić information content (AvgIpc) is 3.21.